The van der Waals surface area contributed by atoms with Crippen molar-refractivity contribution < 1.29 is 14.4 Å². The minimum atomic E-state index is -0.806. The number of hydrogen-bond acceptors (Lipinski definition) is 5. The van der Waals surface area contributed by atoms with Gasteiger partial charge in [-0.15, -0.1) is 0 Å². The number of carbonyl (C=O) groups excluding carboxylic acids is 3. The number of carbonyl (C=O) groups is 3. The van der Waals surface area contributed by atoms with Gasteiger partial charge in [0.05, 0.1) is 6.04 Å². The summed E-state index contributed by atoms with van der Waals surface area (Å²) in [5.41, 5.74) is 1.50. The second kappa shape index (κ2) is 10.2. The first-order valence-electron chi connectivity index (χ1n) is 11.8. The van der Waals surface area contributed by atoms with E-state index < -0.39 is 18.1 Å². The third-order valence-electron chi connectivity index (χ3n) is 6.46. The van der Waals surface area contributed by atoms with Crippen LogP contribution in [0.4, 0.5) is 11.5 Å². The fourth-order valence-electron chi connectivity index (χ4n) is 4.34. The summed E-state index contributed by atoms with van der Waals surface area (Å²) in [6.45, 7) is 5.46. The summed E-state index contributed by atoms with van der Waals surface area (Å²) in [4.78, 5) is 45.9. The molecule has 3 aromatic rings. The van der Waals surface area contributed by atoms with Gasteiger partial charge in [0.1, 0.15) is 17.9 Å². The van der Waals surface area contributed by atoms with Gasteiger partial charge in [0.25, 0.3) is 5.91 Å². The van der Waals surface area contributed by atoms with Crippen LogP contribution < -0.4 is 20.9 Å². The number of rotatable bonds is 7. The highest BCUT2D eigenvalue weighted by atomic mass is 16.2. The van der Waals surface area contributed by atoms with Gasteiger partial charge in [-0.3, -0.25) is 19.3 Å². The van der Waals surface area contributed by atoms with E-state index in [-0.39, 0.29) is 23.6 Å². The molecule has 1 aliphatic heterocycles. The van der Waals surface area contributed by atoms with Crippen molar-refractivity contribution >= 4 is 40.0 Å². The summed E-state index contributed by atoms with van der Waals surface area (Å²) < 4.78 is 0. The fourth-order valence-corrected chi connectivity index (χ4v) is 4.34. The molecule has 3 amide bonds. The second-order valence-corrected chi connectivity index (χ2v) is 9.17. The number of nitrogens with zero attached hydrogens (tertiary/aromatic N) is 2. The van der Waals surface area contributed by atoms with Crippen LogP contribution >= 0.6 is 0 Å². The van der Waals surface area contributed by atoms with E-state index >= 15 is 0 Å². The first-order valence-corrected chi connectivity index (χ1v) is 11.8. The molecule has 0 fully saturated rings. The molecular formula is C27H31N5O3. The van der Waals surface area contributed by atoms with Gasteiger partial charge in [0.2, 0.25) is 11.8 Å². The average Bonchev–Trinajstić information content (AvgIpc) is 3.26. The maximum Gasteiger partial charge on any atom is 0.251 e. The maximum atomic E-state index is 13.8. The van der Waals surface area contributed by atoms with E-state index in [1.807, 2.05) is 62.4 Å². The van der Waals surface area contributed by atoms with Crippen LogP contribution in [0.15, 0.2) is 60.8 Å². The largest absolute Gasteiger partial charge is 0.343 e. The van der Waals surface area contributed by atoms with Gasteiger partial charge in [-0.25, -0.2) is 4.98 Å². The molecule has 35 heavy (non-hydrogen) atoms. The predicted molar refractivity (Wildman–Crippen MR) is 137 cm³/mol. The molecule has 0 saturated carbocycles. The highest BCUT2D eigenvalue weighted by molar-refractivity contribution is 6.11. The molecule has 1 aliphatic rings. The number of aromatic nitrogens is 1. The van der Waals surface area contributed by atoms with Crippen LogP contribution in [-0.4, -0.2) is 47.9 Å². The van der Waals surface area contributed by atoms with E-state index in [1.165, 1.54) is 4.90 Å². The SMILES string of the molecule is CN[C@@H](C)C(=O)N[C@H](C(=O)N1c2ncccc2C[C@H]1C(=O)Nc1cccc2ccccc12)C(C)C. The Morgan fingerprint density at radius 2 is 1.74 bits per heavy atom. The van der Waals surface area contributed by atoms with Crippen molar-refractivity contribution in [2.75, 3.05) is 17.3 Å². The molecule has 4 rings (SSSR count). The Balaban J connectivity index is 1.65. The molecule has 0 spiro atoms. The maximum absolute atomic E-state index is 13.8. The number of pyridine rings is 1. The lowest BCUT2D eigenvalue weighted by molar-refractivity contribution is -0.130. The van der Waals surface area contributed by atoms with Crippen molar-refractivity contribution in [3.05, 3.63) is 66.4 Å². The minimum Gasteiger partial charge on any atom is -0.343 e. The van der Waals surface area contributed by atoms with Crippen molar-refractivity contribution in [1.82, 2.24) is 15.6 Å². The third-order valence-corrected chi connectivity index (χ3v) is 6.46. The van der Waals surface area contributed by atoms with Crippen molar-refractivity contribution in [2.24, 2.45) is 5.92 Å². The molecule has 3 atom stereocenters. The van der Waals surface area contributed by atoms with Gasteiger partial charge in [-0.05, 0) is 43.0 Å². The van der Waals surface area contributed by atoms with Crippen LogP contribution in [0.3, 0.4) is 0 Å². The van der Waals surface area contributed by atoms with Gasteiger partial charge in [0.15, 0.2) is 0 Å². The normalized spacial score (nSPS) is 16.6. The number of hydrogen-bond donors (Lipinski definition) is 3. The molecule has 2 aromatic carbocycles. The van der Waals surface area contributed by atoms with E-state index in [0.29, 0.717) is 17.9 Å². The Morgan fingerprint density at radius 1 is 1.00 bits per heavy atom. The summed E-state index contributed by atoms with van der Waals surface area (Å²) >= 11 is 0. The smallest absolute Gasteiger partial charge is 0.251 e. The van der Waals surface area contributed by atoms with Crippen LogP contribution in [0.2, 0.25) is 0 Å². The monoisotopic (exact) mass is 473 g/mol. The van der Waals surface area contributed by atoms with Crippen molar-refractivity contribution in [3.8, 4) is 0 Å². The van der Waals surface area contributed by atoms with E-state index in [9.17, 15) is 14.4 Å². The summed E-state index contributed by atoms with van der Waals surface area (Å²) in [6.07, 6.45) is 1.95. The summed E-state index contributed by atoms with van der Waals surface area (Å²) in [6, 6.07) is 15.1. The molecule has 0 radical (unpaired) electrons. The number of benzene rings is 2. The van der Waals surface area contributed by atoms with Gasteiger partial charge < -0.3 is 16.0 Å². The molecule has 2 heterocycles. The standard InChI is InChI=1S/C27H31N5O3/c1-16(2)23(31-25(33)17(3)28-4)27(35)32-22(15-19-11-8-14-29-24(19)32)26(34)30-21-13-7-10-18-9-5-6-12-20(18)21/h5-14,16-17,22-23,28H,15H2,1-4H3,(H,30,34)(H,31,33)/t17-,22-,23-/m0/s1. The number of nitrogens with one attached hydrogen (secondary N) is 3. The summed E-state index contributed by atoms with van der Waals surface area (Å²) in [5.74, 6) is -0.670. The average molecular weight is 474 g/mol. The third kappa shape index (κ3) is 4.88. The van der Waals surface area contributed by atoms with Gasteiger partial charge in [0, 0.05) is 23.7 Å². The zero-order valence-electron chi connectivity index (χ0n) is 20.4. The topological polar surface area (TPSA) is 103 Å². The minimum absolute atomic E-state index is 0.190. The Bertz CT molecular complexity index is 1250. The Morgan fingerprint density at radius 3 is 2.49 bits per heavy atom. The molecule has 0 saturated heterocycles. The molecule has 3 N–H and O–H groups in total. The van der Waals surface area contributed by atoms with Crippen molar-refractivity contribution in [2.45, 2.75) is 45.3 Å². The van der Waals surface area contributed by atoms with Crippen LogP contribution in [0.1, 0.15) is 26.3 Å². The molecule has 182 valence electrons. The van der Waals surface area contributed by atoms with Gasteiger partial charge >= 0.3 is 0 Å². The predicted octanol–water partition coefficient (Wildman–Crippen LogP) is 2.88. The van der Waals surface area contributed by atoms with E-state index in [2.05, 4.69) is 20.9 Å². The van der Waals surface area contributed by atoms with Crippen LogP contribution in [0.5, 0.6) is 0 Å². The molecule has 8 heteroatoms. The second-order valence-electron chi connectivity index (χ2n) is 9.17. The lowest BCUT2D eigenvalue weighted by Gasteiger charge is -2.31. The molecule has 0 unspecified atom stereocenters. The lowest BCUT2D eigenvalue weighted by Crippen LogP contribution is -2.57. The number of fused-ring (bicyclic) bond motifs is 2. The van der Waals surface area contributed by atoms with Gasteiger partial charge in [-0.2, -0.15) is 0 Å². The lowest BCUT2D eigenvalue weighted by atomic mass is 10.0. The van der Waals surface area contributed by atoms with Crippen molar-refractivity contribution in [3.63, 3.8) is 0 Å². The van der Waals surface area contributed by atoms with E-state index in [0.717, 1.165) is 16.3 Å². The molecular weight excluding hydrogens is 442 g/mol. The summed E-state index contributed by atoms with van der Waals surface area (Å²) in [5, 5.41) is 10.7. The highest BCUT2D eigenvalue weighted by Crippen LogP contribution is 2.32. The van der Waals surface area contributed by atoms with Crippen LogP contribution in [0.25, 0.3) is 10.8 Å². The first kappa shape index (κ1) is 24.3. The van der Waals surface area contributed by atoms with E-state index in [4.69, 9.17) is 0 Å². The molecule has 0 aliphatic carbocycles. The zero-order chi connectivity index (χ0) is 25.1. The van der Waals surface area contributed by atoms with Crippen molar-refractivity contribution in [1.29, 1.82) is 0 Å². The highest BCUT2D eigenvalue weighted by Gasteiger charge is 2.43. The summed E-state index contributed by atoms with van der Waals surface area (Å²) in [7, 11) is 1.69. The Labute approximate surface area is 205 Å². The quantitative estimate of drug-likeness (QED) is 0.490. The van der Waals surface area contributed by atoms with Crippen LogP contribution in [0, 0.1) is 5.92 Å². The molecule has 8 nitrogen and oxygen atoms in total. The first-order chi connectivity index (χ1) is 16.8. The van der Waals surface area contributed by atoms with Gasteiger partial charge in [-0.1, -0.05) is 56.3 Å². The number of likely N-dealkylation sites (N-methyl/N-ethyl adjacent to an activating group) is 1. The van der Waals surface area contributed by atoms with E-state index in [1.54, 1.807) is 26.2 Å². The zero-order valence-corrected chi connectivity index (χ0v) is 20.4. The number of amides is 3. The molecule has 0 bridgehead atoms. The Hall–Kier alpha value is -3.78. The Kier molecular flexibility index (Phi) is 7.12. The number of anilines is 2. The fraction of sp³-hybridized carbons (Fsp3) is 0.333. The van der Waals surface area contributed by atoms with Crippen LogP contribution in [-0.2, 0) is 20.8 Å². The molecule has 1 aromatic heterocycles.